The fraction of sp³-hybridized carbons (Fsp3) is 0.389. The minimum Gasteiger partial charge on any atom is -0.348 e. The Hall–Kier alpha value is -2.61. The van der Waals surface area contributed by atoms with E-state index in [-0.39, 0.29) is 0 Å². The molecule has 8 heteroatoms. The van der Waals surface area contributed by atoms with E-state index in [1.54, 1.807) is 17.1 Å². The van der Waals surface area contributed by atoms with Gasteiger partial charge >= 0.3 is 0 Å². The third kappa shape index (κ3) is 3.96. The van der Waals surface area contributed by atoms with E-state index < -0.39 is 11.6 Å². The Bertz CT molecular complexity index is 840. The molecule has 0 aliphatic carbocycles. The van der Waals surface area contributed by atoms with Crippen LogP contribution in [0, 0.1) is 17.6 Å². The zero-order valence-corrected chi connectivity index (χ0v) is 14.3. The molecule has 0 spiro atoms. The van der Waals surface area contributed by atoms with Crippen LogP contribution in [0.5, 0.6) is 0 Å². The minimum atomic E-state index is -0.615. The van der Waals surface area contributed by atoms with Gasteiger partial charge in [-0.3, -0.25) is 9.58 Å². The van der Waals surface area contributed by atoms with Gasteiger partial charge in [0.25, 0.3) is 0 Å². The molecule has 1 fully saturated rings. The lowest BCUT2D eigenvalue weighted by Gasteiger charge is -2.31. The van der Waals surface area contributed by atoms with Gasteiger partial charge in [-0.1, -0.05) is 5.21 Å². The lowest BCUT2D eigenvalue weighted by Crippen LogP contribution is -2.36. The summed E-state index contributed by atoms with van der Waals surface area (Å²) in [5, 5.41) is 8.20. The topological polar surface area (TPSA) is 62.6 Å². The summed E-state index contributed by atoms with van der Waals surface area (Å²) in [5.41, 5.74) is 0.878. The van der Waals surface area contributed by atoms with Gasteiger partial charge in [-0.25, -0.2) is 13.8 Å². The Morgan fingerprint density at radius 3 is 2.81 bits per heavy atom. The SMILES string of the molecule is Fc1cc(F)cc(-c2cn(C[C@H]3CCCN(Cc4ncc[nH]4)C3)nn2)c1. The van der Waals surface area contributed by atoms with E-state index in [1.165, 1.54) is 12.1 Å². The van der Waals surface area contributed by atoms with Gasteiger partial charge in [0.05, 0.1) is 12.7 Å². The maximum Gasteiger partial charge on any atom is 0.126 e. The molecule has 2 aromatic heterocycles. The second-order valence-corrected chi connectivity index (χ2v) is 6.76. The van der Waals surface area contributed by atoms with E-state index in [9.17, 15) is 8.78 Å². The maximum absolute atomic E-state index is 13.4. The van der Waals surface area contributed by atoms with Crippen molar-refractivity contribution in [2.24, 2.45) is 5.92 Å². The zero-order valence-electron chi connectivity index (χ0n) is 14.3. The lowest BCUT2D eigenvalue weighted by molar-refractivity contribution is 0.150. The third-order valence-electron chi connectivity index (χ3n) is 4.67. The molecule has 3 heterocycles. The van der Waals surface area contributed by atoms with Gasteiger partial charge in [-0.15, -0.1) is 5.10 Å². The Morgan fingerprint density at radius 2 is 2.04 bits per heavy atom. The number of nitrogens with one attached hydrogen (secondary N) is 1. The molecule has 6 nitrogen and oxygen atoms in total. The number of aromatic amines is 1. The predicted octanol–water partition coefficient (Wildman–Crippen LogP) is 2.86. The van der Waals surface area contributed by atoms with Crippen molar-refractivity contribution in [3.63, 3.8) is 0 Å². The lowest BCUT2D eigenvalue weighted by atomic mass is 9.98. The third-order valence-corrected chi connectivity index (χ3v) is 4.67. The van der Waals surface area contributed by atoms with Crippen LogP contribution < -0.4 is 0 Å². The molecule has 1 aliphatic rings. The molecule has 4 rings (SSSR count). The van der Waals surface area contributed by atoms with Crippen LogP contribution in [0.4, 0.5) is 8.78 Å². The smallest absolute Gasteiger partial charge is 0.126 e. The van der Waals surface area contributed by atoms with E-state index >= 15 is 0 Å². The quantitative estimate of drug-likeness (QED) is 0.762. The number of nitrogens with zero attached hydrogens (tertiary/aromatic N) is 5. The van der Waals surface area contributed by atoms with Crippen molar-refractivity contribution in [3.05, 3.63) is 54.2 Å². The van der Waals surface area contributed by atoms with Crippen LogP contribution in [0.1, 0.15) is 18.7 Å². The van der Waals surface area contributed by atoms with Crippen LogP contribution in [-0.4, -0.2) is 43.0 Å². The first-order valence-electron chi connectivity index (χ1n) is 8.73. The number of piperidine rings is 1. The second kappa shape index (κ2) is 7.33. The number of imidazole rings is 1. The summed E-state index contributed by atoms with van der Waals surface area (Å²) in [4.78, 5) is 9.80. The molecule has 136 valence electrons. The van der Waals surface area contributed by atoms with Crippen LogP contribution in [0.2, 0.25) is 0 Å². The van der Waals surface area contributed by atoms with Gasteiger partial charge < -0.3 is 4.98 Å². The van der Waals surface area contributed by atoms with Crippen molar-refractivity contribution in [1.29, 1.82) is 0 Å². The second-order valence-electron chi connectivity index (χ2n) is 6.76. The molecule has 1 atom stereocenters. The highest BCUT2D eigenvalue weighted by Gasteiger charge is 2.21. The molecule has 1 aliphatic heterocycles. The number of hydrogen-bond acceptors (Lipinski definition) is 4. The number of likely N-dealkylation sites (tertiary alicyclic amines) is 1. The zero-order chi connectivity index (χ0) is 17.9. The van der Waals surface area contributed by atoms with Crippen LogP contribution in [0.25, 0.3) is 11.3 Å². The highest BCUT2D eigenvalue weighted by molar-refractivity contribution is 5.57. The molecule has 1 saturated heterocycles. The Morgan fingerprint density at radius 1 is 1.19 bits per heavy atom. The number of halogens is 2. The van der Waals surface area contributed by atoms with Gasteiger partial charge in [0.2, 0.25) is 0 Å². The first kappa shape index (κ1) is 16.8. The number of benzene rings is 1. The Kier molecular flexibility index (Phi) is 4.75. The summed E-state index contributed by atoms with van der Waals surface area (Å²) >= 11 is 0. The molecule has 0 unspecified atom stereocenters. The van der Waals surface area contributed by atoms with Gasteiger partial charge in [0.15, 0.2) is 0 Å². The van der Waals surface area contributed by atoms with Gasteiger partial charge in [-0.05, 0) is 37.4 Å². The first-order chi connectivity index (χ1) is 12.7. The largest absolute Gasteiger partial charge is 0.348 e. The molecular weight excluding hydrogens is 338 g/mol. The molecule has 0 saturated carbocycles. The summed E-state index contributed by atoms with van der Waals surface area (Å²) in [6.45, 7) is 3.57. The summed E-state index contributed by atoms with van der Waals surface area (Å²) in [7, 11) is 0. The summed E-state index contributed by atoms with van der Waals surface area (Å²) in [6.07, 6.45) is 7.60. The van der Waals surface area contributed by atoms with Gasteiger partial charge in [0.1, 0.15) is 23.2 Å². The van der Waals surface area contributed by atoms with E-state index in [4.69, 9.17) is 0 Å². The monoisotopic (exact) mass is 358 g/mol. The molecule has 0 radical (unpaired) electrons. The molecule has 3 aromatic rings. The molecule has 1 N–H and O–H groups in total. The number of aromatic nitrogens is 5. The molecule has 26 heavy (non-hydrogen) atoms. The van der Waals surface area contributed by atoms with Crippen molar-refractivity contribution in [3.8, 4) is 11.3 Å². The van der Waals surface area contributed by atoms with Gasteiger partial charge in [0, 0.05) is 37.1 Å². The van der Waals surface area contributed by atoms with Crippen molar-refractivity contribution in [2.75, 3.05) is 13.1 Å². The fourth-order valence-electron chi connectivity index (χ4n) is 3.53. The normalized spacial score (nSPS) is 18.3. The molecular formula is C18H20F2N6. The Labute approximate surface area is 149 Å². The summed E-state index contributed by atoms with van der Waals surface area (Å²) in [6, 6.07) is 3.38. The van der Waals surface area contributed by atoms with E-state index in [1.807, 2.05) is 6.20 Å². The summed E-state index contributed by atoms with van der Waals surface area (Å²) in [5.74, 6) is 0.199. The average Bonchev–Trinajstić information content (AvgIpc) is 3.26. The van der Waals surface area contributed by atoms with Crippen molar-refractivity contribution in [2.45, 2.75) is 25.9 Å². The number of H-pyrrole nitrogens is 1. The molecule has 0 amide bonds. The van der Waals surface area contributed by atoms with Crippen molar-refractivity contribution in [1.82, 2.24) is 29.9 Å². The molecule has 1 aromatic carbocycles. The number of hydrogen-bond donors (Lipinski definition) is 1. The maximum atomic E-state index is 13.4. The van der Waals surface area contributed by atoms with E-state index in [0.717, 1.165) is 50.9 Å². The van der Waals surface area contributed by atoms with Crippen molar-refractivity contribution < 1.29 is 8.78 Å². The fourth-order valence-corrected chi connectivity index (χ4v) is 3.53. The number of rotatable bonds is 5. The van der Waals surface area contributed by atoms with Crippen molar-refractivity contribution >= 4 is 0 Å². The first-order valence-corrected chi connectivity index (χ1v) is 8.73. The molecule has 0 bridgehead atoms. The van der Waals surface area contributed by atoms with Crippen LogP contribution in [0.15, 0.2) is 36.8 Å². The standard InChI is InChI=1S/C18H20F2N6/c19-15-6-14(7-16(20)8-15)17-11-26(24-23-17)10-13-2-1-5-25(9-13)12-18-21-3-4-22-18/h3-4,6-8,11,13H,1-2,5,9-10,12H2,(H,21,22)/t13-/m0/s1. The van der Waals surface area contributed by atoms with Crippen LogP contribution in [0.3, 0.4) is 0 Å². The van der Waals surface area contributed by atoms with E-state index in [2.05, 4.69) is 25.2 Å². The highest BCUT2D eigenvalue weighted by Crippen LogP contribution is 2.22. The predicted molar refractivity (Wildman–Crippen MR) is 92.0 cm³/mol. The Balaban J connectivity index is 1.40. The average molecular weight is 358 g/mol. The minimum absolute atomic E-state index is 0.400. The summed E-state index contributed by atoms with van der Waals surface area (Å²) < 4.78 is 28.5. The van der Waals surface area contributed by atoms with Crippen LogP contribution in [-0.2, 0) is 13.1 Å². The van der Waals surface area contributed by atoms with E-state index in [0.29, 0.717) is 17.2 Å². The highest BCUT2D eigenvalue weighted by atomic mass is 19.1. The van der Waals surface area contributed by atoms with Crippen LogP contribution >= 0.6 is 0 Å². The van der Waals surface area contributed by atoms with Gasteiger partial charge in [-0.2, -0.15) is 0 Å².